The second-order valence-corrected chi connectivity index (χ2v) is 5.59. The number of aromatic nitrogens is 2. The molecule has 1 heterocycles. The molecule has 20 heavy (non-hydrogen) atoms. The van der Waals surface area contributed by atoms with Gasteiger partial charge in [0.05, 0.1) is 5.02 Å². The third-order valence-corrected chi connectivity index (χ3v) is 4.20. The lowest BCUT2D eigenvalue weighted by Crippen LogP contribution is -2.17. The molecular weight excluding hydrogens is 279 g/mol. The molecule has 1 saturated carbocycles. The Kier molecular flexibility index (Phi) is 3.30. The highest BCUT2D eigenvalue weighted by Gasteiger charge is 2.25. The van der Waals surface area contributed by atoms with Crippen molar-refractivity contribution in [3.63, 3.8) is 0 Å². The molecule has 1 aliphatic rings. The lowest BCUT2D eigenvalue weighted by atomic mass is 10.1. The van der Waals surface area contributed by atoms with Crippen LogP contribution in [0.4, 0.5) is 10.2 Å². The van der Waals surface area contributed by atoms with Crippen LogP contribution in [-0.2, 0) is 0 Å². The normalized spacial score (nSPS) is 15.9. The minimum Gasteiger partial charge on any atom is -0.382 e. The average Bonchev–Trinajstić information content (AvgIpc) is 3.04. The van der Waals surface area contributed by atoms with Crippen molar-refractivity contribution in [1.29, 1.82) is 0 Å². The summed E-state index contributed by atoms with van der Waals surface area (Å²) in [6.45, 7) is 0. The summed E-state index contributed by atoms with van der Waals surface area (Å²) in [6, 6.07) is 4.53. The van der Waals surface area contributed by atoms with E-state index in [4.69, 9.17) is 23.2 Å². The summed E-state index contributed by atoms with van der Waals surface area (Å²) in [5.74, 6) is 6.99. The number of anilines is 1. The SMILES string of the molecule is Nc1c(-c2ccc(Cl)c(F)c2)nc(C2CCCC2)n1N. The summed E-state index contributed by atoms with van der Waals surface area (Å²) in [7, 11) is 0. The number of nitrogens with two attached hydrogens (primary N) is 2. The van der Waals surface area contributed by atoms with Gasteiger partial charge in [-0.25, -0.2) is 14.1 Å². The van der Waals surface area contributed by atoms with Gasteiger partial charge in [0, 0.05) is 11.5 Å². The molecule has 106 valence electrons. The Bertz CT molecular complexity index is 647. The Morgan fingerprint density at radius 3 is 2.65 bits per heavy atom. The number of halogens is 2. The van der Waals surface area contributed by atoms with E-state index in [1.807, 2.05) is 0 Å². The Morgan fingerprint density at radius 1 is 1.30 bits per heavy atom. The van der Waals surface area contributed by atoms with Gasteiger partial charge in [0.25, 0.3) is 0 Å². The minimum absolute atomic E-state index is 0.0792. The molecule has 3 rings (SSSR count). The standard InChI is InChI=1S/C14H16ClFN4/c15-10-6-5-9(7-11(10)16)12-13(17)20(18)14(19-12)8-3-1-2-4-8/h5-8H,1-4,17-18H2. The third kappa shape index (κ3) is 2.12. The smallest absolute Gasteiger partial charge is 0.150 e. The van der Waals surface area contributed by atoms with Crippen molar-refractivity contribution in [2.75, 3.05) is 11.6 Å². The van der Waals surface area contributed by atoms with Crippen LogP contribution in [0.5, 0.6) is 0 Å². The van der Waals surface area contributed by atoms with E-state index in [1.54, 1.807) is 6.07 Å². The molecule has 0 unspecified atom stereocenters. The molecule has 0 saturated heterocycles. The zero-order chi connectivity index (χ0) is 14.3. The van der Waals surface area contributed by atoms with E-state index in [-0.39, 0.29) is 5.02 Å². The predicted molar refractivity (Wildman–Crippen MR) is 78.4 cm³/mol. The van der Waals surface area contributed by atoms with Gasteiger partial charge in [-0.1, -0.05) is 30.5 Å². The fourth-order valence-corrected chi connectivity index (χ4v) is 2.91. The second-order valence-electron chi connectivity index (χ2n) is 5.18. The second kappa shape index (κ2) is 4.98. The van der Waals surface area contributed by atoms with Crippen molar-refractivity contribution in [1.82, 2.24) is 9.66 Å². The van der Waals surface area contributed by atoms with Crippen LogP contribution in [-0.4, -0.2) is 9.66 Å². The third-order valence-electron chi connectivity index (χ3n) is 3.89. The molecule has 0 bridgehead atoms. The van der Waals surface area contributed by atoms with Crippen LogP contribution in [0.1, 0.15) is 37.4 Å². The number of nitrogen functional groups attached to an aromatic ring is 2. The van der Waals surface area contributed by atoms with E-state index in [2.05, 4.69) is 4.98 Å². The Morgan fingerprint density at radius 2 is 2.00 bits per heavy atom. The number of benzene rings is 1. The van der Waals surface area contributed by atoms with Crippen LogP contribution in [0, 0.1) is 5.82 Å². The summed E-state index contributed by atoms with van der Waals surface area (Å²) in [6.07, 6.45) is 4.51. The van der Waals surface area contributed by atoms with Gasteiger partial charge in [0.2, 0.25) is 0 Å². The quantitative estimate of drug-likeness (QED) is 0.835. The number of rotatable bonds is 2. The monoisotopic (exact) mass is 294 g/mol. The molecule has 1 fully saturated rings. The van der Waals surface area contributed by atoms with Gasteiger partial charge >= 0.3 is 0 Å². The van der Waals surface area contributed by atoms with E-state index < -0.39 is 5.82 Å². The maximum atomic E-state index is 13.6. The molecule has 1 aromatic heterocycles. The van der Waals surface area contributed by atoms with Crippen LogP contribution in [0.25, 0.3) is 11.3 Å². The number of hydrogen-bond acceptors (Lipinski definition) is 3. The van der Waals surface area contributed by atoms with E-state index >= 15 is 0 Å². The highest BCUT2D eigenvalue weighted by Crippen LogP contribution is 2.36. The number of imidazole rings is 1. The van der Waals surface area contributed by atoms with Gasteiger partial charge in [-0.2, -0.15) is 0 Å². The van der Waals surface area contributed by atoms with Crippen LogP contribution in [0.3, 0.4) is 0 Å². The molecule has 1 aliphatic carbocycles. The van der Waals surface area contributed by atoms with Crippen molar-refractivity contribution < 1.29 is 4.39 Å². The van der Waals surface area contributed by atoms with Crippen molar-refractivity contribution in [3.05, 3.63) is 34.9 Å². The lowest BCUT2D eigenvalue weighted by Gasteiger charge is -2.08. The summed E-state index contributed by atoms with van der Waals surface area (Å²) in [4.78, 5) is 4.54. The number of hydrogen-bond donors (Lipinski definition) is 2. The average molecular weight is 295 g/mol. The van der Waals surface area contributed by atoms with E-state index in [0.29, 0.717) is 23.0 Å². The summed E-state index contributed by atoms with van der Waals surface area (Å²) in [5, 5.41) is 0.0792. The van der Waals surface area contributed by atoms with Crippen molar-refractivity contribution in [2.45, 2.75) is 31.6 Å². The minimum atomic E-state index is -0.488. The fraction of sp³-hybridized carbons (Fsp3) is 0.357. The van der Waals surface area contributed by atoms with Gasteiger partial charge in [-0.15, -0.1) is 0 Å². The van der Waals surface area contributed by atoms with E-state index in [9.17, 15) is 4.39 Å². The maximum absolute atomic E-state index is 13.6. The molecule has 0 spiro atoms. The molecule has 0 aliphatic heterocycles. The first-order valence-corrected chi connectivity index (χ1v) is 7.04. The molecule has 4 N–H and O–H groups in total. The Labute approximate surface area is 121 Å². The molecule has 1 aromatic carbocycles. The van der Waals surface area contributed by atoms with Gasteiger partial charge in [-0.05, 0) is 25.0 Å². The van der Waals surface area contributed by atoms with Gasteiger partial charge in [-0.3, -0.25) is 0 Å². The van der Waals surface area contributed by atoms with E-state index in [0.717, 1.165) is 18.7 Å². The molecule has 0 amide bonds. The van der Waals surface area contributed by atoms with Crippen molar-refractivity contribution in [2.24, 2.45) is 0 Å². The molecule has 6 heteroatoms. The first-order chi connectivity index (χ1) is 9.58. The first kappa shape index (κ1) is 13.2. The maximum Gasteiger partial charge on any atom is 0.150 e. The van der Waals surface area contributed by atoms with Gasteiger partial charge < -0.3 is 11.6 Å². The highest BCUT2D eigenvalue weighted by atomic mass is 35.5. The highest BCUT2D eigenvalue weighted by molar-refractivity contribution is 6.30. The van der Waals surface area contributed by atoms with Crippen LogP contribution in [0.15, 0.2) is 18.2 Å². The zero-order valence-electron chi connectivity index (χ0n) is 10.9. The molecule has 0 radical (unpaired) electrons. The molecule has 2 aromatic rings. The Hall–Kier alpha value is -1.75. The topological polar surface area (TPSA) is 69.9 Å². The van der Waals surface area contributed by atoms with Crippen LogP contribution in [0.2, 0.25) is 5.02 Å². The van der Waals surface area contributed by atoms with Gasteiger partial charge in [0.1, 0.15) is 17.3 Å². The van der Waals surface area contributed by atoms with Crippen LogP contribution >= 0.6 is 11.6 Å². The summed E-state index contributed by atoms with van der Waals surface area (Å²) >= 11 is 5.69. The van der Waals surface area contributed by atoms with Crippen molar-refractivity contribution in [3.8, 4) is 11.3 Å². The van der Waals surface area contributed by atoms with Crippen LogP contribution < -0.4 is 11.6 Å². The Balaban J connectivity index is 2.05. The summed E-state index contributed by atoms with van der Waals surface area (Å²) < 4.78 is 15.0. The largest absolute Gasteiger partial charge is 0.382 e. The fourth-order valence-electron chi connectivity index (χ4n) is 2.79. The molecule has 0 atom stereocenters. The van der Waals surface area contributed by atoms with E-state index in [1.165, 1.54) is 29.7 Å². The molecular formula is C14H16ClFN4. The van der Waals surface area contributed by atoms with Crippen molar-refractivity contribution >= 4 is 17.4 Å². The summed E-state index contributed by atoms with van der Waals surface area (Å²) in [5.41, 5.74) is 7.12. The molecule has 4 nitrogen and oxygen atoms in total. The number of nitrogens with zero attached hydrogens (tertiary/aromatic N) is 2. The lowest BCUT2D eigenvalue weighted by molar-refractivity contribution is 0.628. The zero-order valence-corrected chi connectivity index (χ0v) is 11.7. The first-order valence-electron chi connectivity index (χ1n) is 6.66. The predicted octanol–water partition coefficient (Wildman–Crippen LogP) is 3.30. The van der Waals surface area contributed by atoms with Gasteiger partial charge in [0.15, 0.2) is 5.82 Å².